The third-order valence-corrected chi connectivity index (χ3v) is 8.11. The minimum atomic E-state index is -3.00. The van der Waals surface area contributed by atoms with Gasteiger partial charge in [-0.25, -0.2) is 8.42 Å². The molecule has 1 rings (SSSR count). The molecular weight excluding hydrogens is 298 g/mol. The van der Waals surface area contributed by atoms with Crippen LogP contribution in [0.2, 0.25) is 19.6 Å². The fraction of sp³-hybridized carbons (Fsp3) is 0.625. The van der Waals surface area contributed by atoms with Crippen molar-refractivity contribution < 1.29 is 8.42 Å². The molecule has 3 nitrogen and oxygen atoms in total. The zero-order valence-corrected chi connectivity index (χ0v) is 16.2. The average molecular weight is 328 g/mol. The summed E-state index contributed by atoms with van der Waals surface area (Å²) in [6.07, 6.45) is 1.31. The number of benzene rings is 1. The van der Waals surface area contributed by atoms with Gasteiger partial charge in [-0.1, -0.05) is 49.1 Å². The van der Waals surface area contributed by atoms with E-state index in [9.17, 15) is 8.42 Å². The molecule has 0 bridgehead atoms. The highest BCUT2D eigenvalue weighted by atomic mass is 32.2. The van der Waals surface area contributed by atoms with E-state index in [0.717, 1.165) is 6.54 Å². The Morgan fingerprint density at radius 3 is 1.95 bits per heavy atom. The number of nitrogens with zero attached hydrogens (tertiary/aromatic N) is 1. The molecule has 0 saturated heterocycles. The van der Waals surface area contributed by atoms with E-state index in [1.165, 1.54) is 17.0 Å². The first-order valence-corrected chi connectivity index (χ1v) is 12.9. The van der Waals surface area contributed by atoms with Gasteiger partial charge in [0, 0.05) is 18.8 Å². The van der Waals surface area contributed by atoms with Crippen molar-refractivity contribution in [1.82, 2.24) is 4.90 Å². The lowest BCUT2D eigenvalue weighted by atomic mass is 10.1. The molecule has 0 aromatic heterocycles. The topological polar surface area (TPSA) is 37.4 Å². The highest BCUT2D eigenvalue weighted by molar-refractivity contribution is 7.91. The van der Waals surface area contributed by atoms with Crippen LogP contribution in [0.1, 0.15) is 19.4 Å². The van der Waals surface area contributed by atoms with Crippen LogP contribution in [0.3, 0.4) is 0 Å². The molecule has 0 saturated carbocycles. The lowest BCUT2D eigenvalue weighted by Gasteiger charge is -2.29. The summed E-state index contributed by atoms with van der Waals surface area (Å²) < 4.78 is 23.3. The number of sulfone groups is 1. The molecule has 0 aliphatic heterocycles. The first-order chi connectivity index (χ1) is 9.43. The summed E-state index contributed by atoms with van der Waals surface area (Å²) in [6.45, 7) is 11.5. The monoisotopic (exact) mass is 327 g/mol. The Balaban J connectivity index is 2.77. The van der Waals surface area contributed by atoms with E-state index in [1.807, 2.05) is 14.0 Å². The van der Waals surface area contributed by atoms with E-state index in [1.54, 1.807) is 6.92 Å². The Hall–Kier alpha value is -0.653. The third kappa shape index (κ3) is 5.24. The molecule has 0 heterocycles. The Kier molecular flexibility index (Phi) is 5.81. The maximum absolute atomic E-state index is 11.7. The summed E-state index contributed by atoms with van der Waals surface area (Å²) in [7, 11) is -2.27. The Morgan fingerprint density at radius 2 is 1.57 bits per heavy atom. The minimum Gasteiger partial charge on any atom is -0.298 e. The summed E-state index contributed by atoms with van der Waals surface area (Å²) in [5.74, 6) is 0. The van der Waals surface area contributed by atoms with Crippen LogP contribution in [-0.4, -0.2) is 46.0 Å². The maximum Gasteiger partial charge on any atom is 0.151 e. The summed E-state index contributed by atoms with van der Waals surface area (Å²) in [5, 5.41) is 1.09. The SMILES string of the molecule is CC(C(C)S(C)(=O)=O)N(C)Cc1ccc([Si](C)(C)C)cc1. The summed E-state index contributed by atoms with van der Waals surface area (Å²) in [4.78, 5) is 2.11. The van der Waals surface area contributed by atoms with Crippen LogP contribution in [0.15, 0.2) is 24.3 Å². The zero-order valence-electron chi connectivity index (χ0n) is 14.3. The molecule has 0 amide bonds. The molecule has 120 valence electrons. The van der Waals surface area contributed by atoms with Crippen LogP contribution in [-0.2, 0) is 16.4 Å². The average Bonchev–Trinajstić information content (AvgIpc) is 2.35. The first-order valence-electron chi connectivity index (χ1n) is 7.41. The van der Waals surface area contributed by atoms with E-state index in [0.29, 0.717) is 0 Å². The number of rotatable bonds is 6. The molecule has 2 unspecified atom stereocenters. The second-order valence-corrected chi connectivity index (χ2v) is 14.6. The van der Waals surface area contributed by atoms with Gasteiger partial charge in [-0.05, 0) is 26.5 Å². The van der Waals surface area contributed by atoms with Crippen LogP contribution in [0.25, 0.3) is 0 Å². The van der Waals surface area contributed by atoms with Gasteiger partial charge in [0.2, 0.25) is 0 Å². The lowest BCUT2D eigenvalue weighted by molar-refractivity contribution is 0.245. The Labute approximate surface area is 131 Å². The third-order valence-electron chi connectivity index (χ3n) is 4.30. The summed E-state index contributed by atoms with van der Waals surface area (Å²) in [6, 6.07) is 8.78. The van der Waals surface area contributed by atoms with Gasteiger partial charge in [0.1, 0.15) is 0 Å². The van der Waals surface area contributed by atoms with Gasteiger partial charge in [-0.3, -0.25) is 4.90 Å². The number of hydrogen-bond acceptors (Lipinski definition) is 3. The van der Waals surface area contributed by atoms with Gasteiger partial charge >= 0.3 is 0 Å². The van der Waals surface area contributed by atoms with Gasteiger partial charge < -0.3 is 0 Å². The second kappa shape index (κ2) is 6.63. The van der Waals surface area contributed by atoms with Crippen LogP contribution >= 0.6 is 0 Å². The molecule has 0 aliphatic rings. The number of hydrogen-bond donors (Lipinski definition) is 0. The predicted molar refractivity (Wildman–Crippen MR) is 94.7 cm³/mol. The Bertz CT molecular complexity index is 561. The molecule has 1 aromatic rings. The van der Waals surface area contributed by atoms with Crippen molar-refractivity contribution in [3.63, 3.8) is 0 Å². The molecule has 5 heteroatoms. The fourth-order valence-corrected chi connectivity index (χ4v) is 4.35. The molecule has 0 aliphatic carbocycles. The normalized spacial score (nSPS) is 16.0. The lowest BCUT2D eigenvalue weighted by Crippen LogP contribution is -2.41. The standard InChI is InChI=1S/C16H29NO2SSi/c1-13(14(2)20(4,18)19)17(3)12-15-8-10-16(11-9-15)21(5,6)7/h8-11,13-14H,12H2,1-7H3. The quantitative estimate of drug-likeness (QED) is 0.753. The van der Waals surface area contributed by atoms with Crippen LogP contribution in [0.4, 0.5) is 0 Å². The molecule has 1 aromatic carbocycles. The van der Waals surface area contributed by atoms with Crippen molar-refractivity contribution in [3.05, 3.63) is 29.8 Å². The van der Waals surface area contributed by atoms with Crippen molar-refractivity contribution in [2.24, 2.45) is 0 Å². The smallest absolute Gasteiger partial charge is 0.151 e. The molecule has 0 fully saturated rings. The van der Waals surface area contributed by atoms with Crippen molar-refractivity contribution >= 4 is 23.1 Å². The van der Waals surface area contributed by atoms with Crippen molar-refractivity contribution in [1.29, 1.82) is 0 Å². The Morgan fingerprint density at radius 1 is 1.10 bits per heavy atom. The van der Waals surface area contributed by atoms with Gasteiger partial charge in [-0.15, -0.1) is 0 Å². The van der Waals surface area contributed by atoms with Crippen LogP contribution in [0, 0.1) is 0 Å². The van der Waals surface area contributed by atoms with Crippen molar-refractivity contribution in [2.45, 2.75) is 51.3 Å². The minimum absolute atomic E-state index is 0.00309. The van der Waals surface area contributed by atoms with Crippen molar-refractivity contribution in [3.8, 4) is 0 Å². The molecule has 0 N–H and O–H groups in total. The van der Waals surface area contributed by atoms with E-state index >= 15 is 0 Å². The molecule has 2 atom stereocenters. The molecule has 0 radical (unpaired) electrons. The van der Waals surface area contributed by atoms with Gasteiger partial charge in [0.25, 0.3) is 0 Å². The maximum atomic E-state index is 11.7. The highest BCUT2D eigenvalue weighted by Crippen LogP contribution is 2.13. The van der Waals surface area contributed by atoms with Gasteiger partial charge in [-0.2, -0.15) is 0 Å². The van der Waals surface area contributed by atoms with E-state index in [4.69, 9.17) is 0 Å². The first kappa shape index (κ1) is 18.4. The molecule has 21 heavy (non-hydrogen) atoms. The van der Waals surface area contributed by atoms with Gasteiger partial charge in [0.15, 0.2) is 9.84 Å². The van der Waals surface area contributed by atoms with Crippen LogP contribution < -0.4 is 5.19 Å². The van der Waals surface area contributed by atoms with E-state index in [2.05, 4.69) is 48.8 Å². The van der Waals surface area contributed by atoms with Gasteiger partial charge in [0.05, 0.1) is 13.3 Å². The summed E-state index contributed by atoms with van der Waals surface area (Å²) in [5.41, 5.74) is 1.23. The molecule has 0 spiro atoms. The fourth-order valence-electron chi connectivity index (χ4n) is 2.26. The van der Waals surface area contributed by atoms with E-state index in [-0.39, 0.29) is 11.3 Å². The van der Waals surface area contributed by atoms with Crippen molar-refractivity contribution in [2.75, 3.05) is 13.3 Å². The zero-order chi connectivity index (χ0) is 16.4. The summed E-state index contributed by atoms with van der Waals surface area (Å²) >= 11 is 0. The second-order valence-electron chi connectivity index (χ2n) is 7.14. The largest absolute Gasteiger partial charge is 0.298 e. The predicted octanol–water partition coefficient (Wildman–Crippen LogP) is 2.49. The highest BCUT2D eigenvalue weighted by Gasteiger charge is 2.25. The molecular formula is C16H29NO2SSi. The van der Waals surface area contributed by atoms with Crippen LogP contribution in [0.5, 0.6) is 0 Å². The van der Waals surface area contributed by atoms with E-state index < -0.39 is 17.9 Å².